The predicted octanol–water partition coefficient (Wildman–Crippen LogP) is 2.98. The fourth-order valence-corrected chi connectivity index (χ4v) is 3.22. The SMILES string of the molecule is Cc1cnc(CNC(=O)C2C(c3ccc(F)cc3)C2(C)C)cn1. The first-order valence-corrected chi connectivity index (χ1v) is 7.70. The summed E-state index contributed by atoms with van der Waals surface area (Å²) >= 11 is 0. The van der Waals surface area contributed by atoms with Crippen LogP contribution >= 0.6 is 0 Å². The Kier molecular flexibility index (Phi) is 3.88. The van der Waals surface area contributed by atoms with Gasteiger partial charge in [0, 0.05) is 12.1 Å². The third kappa shape index (κ3) is 3.09. The molecule has 0 aliphatic heterocycles. The van der Waals surface area contributed by atoms with E-state index >= 15 is 0 Å². The highest BCUT2D eigenvalue weighted by molar-refractivity contribution is 5.84. The van der Waals surface area contributed by atoms with E-state index < -0.39 is 0 Å². The van der Waals surface area contributed by atoms with Gasteiger partial charge in [-0.05, 0) is 30.0 Å². The molecule has 2 aromatic rings. The number of halogens is 1. The molecule has 1 saturated carbocycles. The molecule has 2 unspecified atom stereocenters. The van der Waals surface area contributed by atoms with Gasteiger partial charge in [-0.1, -0.05) is 26.0 Å². The van der Waals surface area contributed by atoms with Gasteiger partial charge in [0.15, 0.2) is 0 Å². The van der Waals surface area contributed by atoms with E-state index in [0.29, 0.717) is 6.54 Å². The molecular weight excluding hydrogens is 293 g/mol. The van der Waals surface area contributed by atoms with Crippen molar-refractivity contribution in [1.29, 1.82) is 0 Å². The van der Waals surface area contributed by atoms with Gasteiger partial charge >= 0.3 is 0 Å². The first-order chi connectivity index (χ1) is 10.9. The summed E-state index contributed by atoms with van der Waals surface area (Å²) in [7, 11) is 0. The molecule has 0 radical (unpaired) electrons. The number of carbonyl (C=O) groups is 1. The van der Waals surface area contributed by atoms with Crippen molar-refractivity contribution in [3.05, 3.63) is 59.4 Å². The van der Waals surface area contributed by atoms with E-state index in [4.69, 9.17) is 0 Å². The Balaban J connectivity index is 1.65. The zero-order valence-corrected chi connectivity index (χ0v) is 13.5. The maximum atomic E-state index is 13.1. The number of nitrogens with one attached hydrogen (secondary N) is 1. The first kappa shape index (κ1) is 15.6. The molecule has 2 atom stereocenters. The minimum Gasteiger partial charge on any atom is -0.350 e. The fourth-order valence-electron chi connectivity index (χ4n) is 3.22. The normalized spacial score (nSPS) is 21.7. The fraction of sp³-hybridized carbons (Fsp3) is 0.389. The number of nitrogens with zero attached hydrogens (tertiary/aromatic N) is 2. The highest BCUT2D eigenvalue weighted by Crippen LogP contribution is 2.64. The molecule has 1 fully saturated rings. The Morgan fingerprint density at radius 2 is 1.91 bits per heavy atom. The molecule has 1 heterocycles. The van der Waals surface area contributed by atoms with Gasteiger partial charge in [0.1, 0.15) is 5.82 Å². The molecule has 5 heteroatoms. The van der Waals surface area contributed by atoms with Gasteiger partial charge in [0.2, 0.25) is 5.91 Å². The van der Waals surface area contributed by atoms with Crippen molar-refractivity contribution in [2.45, 2.75) is 33.2 Å². The van der Waals surface area contributed by atoms with Crippen molar-refractivity contribution in [2.75, 3.05) is 0 Å². The number of aryl methyl sites for hydroxylation is 1. The van der Waals surface area contributed by atoms with Gasteiger partial charge in [-0.15, -0.1) is 0 Å². The van der Waals surface area contributed by atoms with Crippen LogP contribution in [0.5, 0.6) is 0 Å². The number of amides is 1. The smallest absolute Gasteiger partial charge is 0.224 e. The standard InChI is InChI=1S/C18H20FN3O/c1-11-8-21-14(9-20-11)10-22-17(23)16-15(18(16,2)3)12-4-6-13(19)7-5-12/h4-9,15-16H,10H2,1-3H3,(H,22,23). The van der Waals surface area contributed by atoms with Crippen LogP contribution in [-0.4, -0.2) is 15.9 Å². The molecule has 1 amide bonds. The minimum absolute atomic E-state index is 0.00620. The van der Waals surface area contributed by atoms with Crippen molar-refractivity contribution >= 4 is 5.91 Å². The molecule has 1 aromatic heterocycles. The van der Waals surface area contributed by atoms with Crippen LogP contribution in [0.15, 0.2) is 36.7 Å². The average Bonchev–Trinajstić information content (AvgIpc) is 3.10. The number of carbonyl (C=O) groups excluding carboxylic acids is 1. The summed E-state index contributed by atoms with van der Waals surface area (Å²) in [6.07, 6.45) is 3.36. The topological polar surface area (TPSA) is 54.9 Å². The summed E-state index contributed by atoms with van der Waals surface area (Å²) in [5.41, 5.74) is 2.47. The van der Waals surface area contributed by atoms with Gasteiger partial charge in [-0.25, -0.2) is 4.39 Å². The number of benzene rings is 1. The Bertz CT molecular complexity index is 710. The first-order valence-electron chi connectivity index (χ1n) is 7.70. The van der Waals surface area contributed by atoms with Crippen LogP contribution in [0.25, 0.3) is 0 Å². The second kappa shape index (κ2) is 5.72. The summed E-state index contributed by atoms with van der Waals surface area (Å²) in [6, 6.07) is 6.42. The lowest BCUT2D eigenvalue weighted by Gasteiger charge is -2.05. The molecule has 1 aliphatic rings. The highest BCUT2D eigenvalue weighted by atomic mass is 19.1. The van der Waals surface area contributed by atoms with Crippen LogP contribution in [0, 0.1) is 24.1 Å². The van der Waals surface area contributed by atoms with Gasteiger partial charge in [0.05, 0.1) is 30.0 Å². The summed E-state index contributed by atoms with van der Waals surface area (Å²) in [5, 5.41) is 2.93. The van der Waals surface area contributed by atoms with E-state index in [1.165, 1.54) is 12.1 Å². The second-order valence-corrected chi connectivity index (χ2v) is 6.70. The maximum absolute atomic E-state index is 13.1. The van der Waals surface area contributed by atoms with Crippen molar-refractivity contribution < 1.29 is 9.18 Å². The van der Waals surface area contributed by atoms with Crippen molar-refractivity contribution in [1.82, 2.24) is 15.3 Å². The number of aromatic nitrogens is 2. The zero-order valence-electron chi connectivity index (χ0n) is 13.5. The quantitative estimate of drug-likeness (QED) is 0.944. The van der Waals surface area contributed by atoms with Gasteiger partial charge in [-0.3, -0.25) is 14.8 Å². The predicted molar refractivity (Wildman–Crippen MR) is 85.0 cm³/mol. The molecule has 23 heavy (non-hydrogen) atoms. The van der Waals surface area contributed by atoms with E-state index in [9.17, 15) is 9.18 Å². The number of hydrogen-bond donors (Lipinski definition) is 1. The van der Waals surface area contributed by atoms with Crippen molar-refractivity contribution in [3.8, 4) is 0 Å². The zero-order chi connectivity index (χ0) is 16.6. The second-order valence-electron chi connectivity index (χ2n) is 6.70. The lowest BCUT2D eigenvalue weighted by atomic mass is 10.0. The summed E-state index contributed by atoms with van der Waals surface area (Å²) in [5.74, 6) is -0.239. The number of rotatable bonds is 4. The molecule has 3 rings (SSSR count). The molecule has 0 spiro atoms. The summed E-state index contributed by atoms with van der Waals surface area (Å²) < 4.78 is 13.1. The molecule has 4 nitrogen and oxygen atoms in total. The average molecular weight is 313 g/mol. The Morgan fingerprint density at radius 1 is 1.22 bits per heavy atom. The molecule has 1 N–H and O–H groups in total. The molecule has 120 valence electrons. The maximum Gasteiger partial charge on any atom is 0.224 e. The molecule has 0 saturated heterocycles. The van der Waals surface area contributed by atoms with Crippen molar-refractivity contribution in [3.63, 3.8) is 0 Å². The van der Waals surface area contributed by atoms with Crippen molar-refractivity contribution in [2.24, 2.45) is 11.3 Å². The Labute approximate surface area is 135 Å². The van der Waals surface area contributed by atoms with E-state index in [2.05, 4.69) is 29.1 Å². The third-order valence-corrected chi connectivity index (χ3v) is 4.62. The van der Waals surface area contributed by atoms with Crippen LogP contribution in [0.3, 0.4) is 0 Å². The van der Waals surface area contributed by atoms with Gasteiger partial charge in [-0.2, -0.15) is 0 Å². The third-order valence-electron chi connectivity index (χ3n) is 4.62. The lowest BCUT2D eigenvalue weighted by Crippen LogP contribution is -2.26. The monoisotopic (exact) mass is 313 g/mol. The molecular formula is C18H20FN3O. The van der Waals surface area contributed by atoms with Crippen LogP contribution in [0.4, 0.5) is 4.39 Å². The van der Waals surface area contributed by atoms with Crippen LogP contribution in [0.1, 0.15) is 36.7 Å². The Morgan fingerprint density at radius 3 is 2.52 bits per heavy atom. The minimum atomic E-state index is -0.258. The molecule has 0 bridgehead atoms. The van der Waals surface area contributed by atoms with E-state index in [1.54, 1.807) is 24.5 Å². The van der Waals surface area contributed by atoms with E-state index in [-0.39, 0.29) is 29.0 Å². The van der Waals surface area contributed by atoms with Gasteiger partial charge in [0.25, 0.3) is 0 Å². The number of hydrogen-bond acceptors (Lipinski definition) is 3. The van der Waals surface area contributed by atoms with Crippen LogP contribution in [-0.2, 0) is 11.3 Å². The summed E-state index contributed by atoms with van der Waals surface area (Å²) in [4.78, 5) is 20.9. The molecule has 1 aliphatic carbocycles. The van der Waals surface area contributed by atoms with E-state index in [0.717, 1.165) is 17.0 Å². The summed E-state index contributed by atoms with van der Waals surface area (Å²) in [6.45, 7) is 6.37. The lowest BCUT2D eigenvalue weighted by molar-refractivity contribution is -0.123. The van der Waals surface area contributed by atoms with E-state index in [1.807, 2.05) is 6.92 Å². The Hall–Kier alpha value is -2.30. The van der Waals surface area contributed by atoms with Gasteiger partial charge < -0.3 is 5.32 Å². The highest BCUT2D eigenvalue weighted by Gasteiger charge is 2.62. The largest absolute Gasteiger partial charge is 0.350 e. The van der Waals surface area contributed by atoms with Crippen LogP contribution < -0.4 is 5.32 Å². The molecule has 1 aromatic carbocycles. The van der Waals surface area contributed by atoms with Crippen LogP contribution in [0.2, 0.25) is 0 Å².